The highest BCUT2D eigenvalue weighted by molar-refractivity contribution is 5.49. The van der Waals surface area contributed by atoms with E-state index in [0.29, 0.717) is 11.1 Å². The number of aliphatic hydroxyl groups is 2. The van der Waals surface area contributed by atoms with Gasteiger partial charge in [0.1, 0.15) is 11.2 Å². The van der Waals surface area contributed by atoms with Crippen molar-refractivity contribution in [1.82, 2.24) is 0 Å². The van der Waals surface area contributed by atoms with Crippen LogP contribution in [0.4, 0.5) is 11.4 Å². The second kappa shape index (κ2) is 6.46. The Morgan fingerprint density at radius 3 is 1.04 bits per heavy atom. The van der Waals surface area contributed by atoms with Crippen LogP contribution >= 0.6 is 0 Å². The van der Waals surface area contributed by atoms with Gasteiger partial charge in [0, 0.05) is 39.6 Å². The van der Waals surface area contributed by atoms with Crippen LogP contribution in [0.2, 0.25) is 0 Å². The van der Waals surface area contributed by atoms with Gasteiger partial charge in [-0.3, -0.25) is 0 Å². The van der Waals surface area contributed by atoms with E-state index in [-0.39, 0.29) is 0 Å². The standard InChI is InChI=1S/C20H28N2O2/c1-19(23,15-7-11-17(12-8-15)21(3)4)20(2,24)16-9-13-18(14-10-16)22(5)6/h7-14,23-24H,1-6H3. The van der Waals surface area contributed by atoms with E-state index in [9.17, 15) is 10.2 Å². The molecule has 2 aromatic carbocycles. The van der Waals surface area contributed by atoms with Gasteiger partial charge in [-0.25, -0.2) is 0 Å². The highest BCUT2D eigenvalue weighted by atomic mass is 16.4. The molecular weight excluding hydrogens is 300 g/mol. The van der Waals surface area contributed by atoms with Crippen molar-refractivity contribution < 1.29 is 10.2 Å². The Kier molecular flexibility index (Phi) is 4.92. The molecule has 0 aliphatic heterocycles. The zero-order valence-electron chi connectivity index (χ0n) is 15.4. The third kappa shape index (κ3) is 3.25. The molecule has 24 heavy (non-hydrogen) atoms. The molecule has 0 spiro atoms. The molecule has 0 saturated heterocycles. The Labute approximate surface area is 145 Å². The van der Waals surface area contributed by atoms with E-state index in [1.54, 1.807) is 13.8 Å². The summed E-state index contributed by atoms with van der Waals surface area (Å²) in [5.41, 5.74) is 0.605. The lowest BCUT2D eigenvalue weighted by atomic mass is 9.76. The van der Waals surface area contributed by atoms with Crippen molar-refractivity contribution >= 4 is 11.4 Å². The Hall–Kier alpha value is -2.04. The van der Waals surface area contributed by atoms with Crippen LogP contribution in [0.15, 0.2) is 48.5 Å². The van der Waals surface area contributed by atoms with E-state index < -0.39 is 11.2 Å². The fourth-order valence-electron chi connectivity index (χ4n) is 2.73. The van der Waals surface area contributed by atoms with Gasteiger partial charge in [-0.05, 0) is 49.2 Å². The van der Waals surface area contributed by atoms with Crippen LogP contribution < -0.4 is 9.80 Å². The molecule has 2 atom stereocenters. The van der Waals surface area contributed by atoms with E-state index in [1.165, 1.54) is 0 Å². The Balaban J connectivity index is 2.37. The molecule has 0 aliphatic rings. The van der Waals surface area contributed by atoms with Crippen molar-refractivity contribution in [3.8, 4) is 0 Å². The van der Waals surface area contributed by atoms with Crippen molar-refractivity contribution in [2.75, 3.05) is 38.0 Å². The first kappa shape index (κ1) is 18.3. The minimum absolute atomic E-state index is 0.676. The second-order valence-electron chi connectivity index (χ2n) is 7.03. The molecular formula is C20H28N2O2. The average Bonchev–Trinajstić information content (AvgIpc) is 2.54. The van der Waals surface area contributed by atoms with Crippen LogP contribution in [-0.2, 0) is 11.2 Å². The van der Waals surface area contributed by atoms with E-state index in [0.717, 1.165) is 11.4 Å². The number of benzene rings is 2. The lowest BCUT2D eigenvalue weighted by Gasteiger charge is -2.39. The van der Waals surface area contributed by atoms with Gasteiger partial charge in [0.2, 0.25) is 0 Å². The largest absolute Gasteiger partial charge is 0.382 e. The maximum absolute atomic E-state index is 11.1. The zero-order valence-corrected chi connectivity index (χ0v) is 15.4. The van der Waals surface area contributed by atoms with E-state index in [1.807, 2.05) is 86.5 Å². The lowest BCUT2D eigenvalue weighted by Crippen LogP contribution is -2.45. The molecule has 0 bridgehead atoms. The first-order chi connectivity index (χ1) is 11.1. The molecule has 2 rings (SSSR count). The summed E-state index contributed by atoms with van der Waals surface area (Å²) in [4.78, 5) is 3.99. The minimum atomic E-state index is -1.42. The van der Waals surface area contributed by atoms with Gasteiger partial charge in [-0.2, -0.15) is 0 Å². The molecule has 0 aliphatic carbocycles. The maximum atomic E-state index is 11.1. The molecule has 0 saturated carbocycles. The van der Waals surface area contributed by atoms with Gasteiger partial charge >= 0.3 is 0 Å². The second-order valence-corrected chi connectivity index (χ2v) is 7.03. The number of nitrogens with zero attached hydrogens (tertiary/aromatic N) is 2. The van der Waals surface area contributed by atoms with E-state index >= 15 is 0 Å². The fourth-order valence-corrected chi connectivity index (χ4v) is 2.73. The summed E-state index contributed by atoms with van der Waals surface area (Å²) in [7, 11) is 7.87. The van der Waals surface area contributed by atoms with E-state index in [4.69, 9.17) is 0 Å². The Bertz CT molecular complexity index is 610. The number of hydrogen-bond donors (Lipinski definition) is 2. The van der Waals surface area contributed by atoms with Crippen LogP contribution in [0.1, 0.15) is 25.0 Å². The SMILES string of the molecule is CN(C)c1ccc(C(C)(O)C(C)(O)c2ccc(N(C)C)cc2)cc1. The highest BCUT2D eigenvalue weighted by Crippen LogP contribution is 2.40. The molecule has 130 valence electrons. The summed E-state index contributed by atoms with van der Waals surface area (Å²) in [6, 6.07) is 15.2. The topological polar surface area (TPSA) is 46.9 Å². The van der Waals surface area contributed by atoms with Crippen molar-refractivity contribution in [3.63, 3.8) is 0 Å². The first-order valence-electron chi connectivity index (χ1n) is 8.08. The molecule has 0 fully saturated rings. The van der Waals surface area contributed by atoms with E-state index in [2.05, 4.69) is 0 Å². The van der Waals surface area contributed by atoms with Gasteiger partial charge < -0.3 is 20.0 Å². The zero-order chi connectivity index (χ0) is 18.1. The molecule has 0 aromatic heterocycles. The lowest BCUT2D eigenvalue weighted by molar-refractivity contribution is -0.143. The summed E-state index contributed by atoms with van der Waals surface area (Å²) in [6.07, 6.45) is 0. The molecule has 2 unspecified atom stereocenters. The highest BCUT2D eigenvalue weighted by Gasteiger charge is 2.44. The summed E-state index contributed by atoms with van der Waals surface area (Å²) >= 11 is 0. The first-order valence-corrected chi connectivity index (χ1v) is 8.08. The quantitative estimate of drug-likeness (QED) is 0.886. The van der Waals surface area contributed by atoms with Crippen LogP contribution in [0.25, 0.3) is 0 Å². The monoisotopic (exact) mass is 328 g/mol. The number of rotatable bonds is 5. The molecule has 2 aromatic rings. The van der Waals surface area contributed by atoms with Crippen molar-refractivity contribution in [1.29, 1.82) is 0 Å². The maximum Gasteiger partial charge on any atom is 0.119 e. The smallest absolute Gasteiger partial charge is 0.119 e. The average molecular weight is 328 g/mol. The van der Waals surface area contributed by atoms with Gasteiger partial charge in [0.05, 0.1) is 0 Å². The molecule has 4 heteroatoms. The molecule has 0 heterocycles. The number of hydrogen-bond acceptors (Lipinski definition) is 4. The molecule has 0 radical (unpaired) electrons. The van der Waals surface area contributed by atoms with Crippen LogP contribution in [0, 0.1) is 0 Å². The van der Waals surface area contributed by atoms with Crippen molar-refractivity contribution in [2.24, 2.45) is 0 Å². The fraction of sp³-hybridized carbons (Fsp3) is 0.400. The Morgan fingerprint density at radius 2 is 0.833 bits per heavy atom. The summed E-state index contributed by atoms with van der Waals surface area (Å²) in [5.74, 6) is 0. The van der Waals surface area contributed by atoms with Gasteiger partial charge in [0.15, 0.2) is 0 Å². The Morgan fingerprint density at radius 1 is 0.583 bits per heavy atom. The van der Waals surface area contributed by atoms with Crippen molar-refractivity contribution in [3.05, 3.63) is 59.7 Å². The summed E-state index contributed by atoms with van der Waals surface area (Å²) < 4.78 is 0. The normalized spacial score (nSPS) is 16.2. The molecule has 2 N–H and O–H groups in total. The minimum Gasteiger partial charge on any atom is -0.382 e. The third-order valence-corrected chi connectivity index (χ3v) is 4.84. The van der Waals surface area contributed by atoms with Gasteiger partial charge in [-0.15, -0.1) is 0 Å². The summed E-state index contributed by atoms with van der Waals surface area (Å²) in [6.45, 7) is 3.30. The van der Waals surface area contributed by atoms with Crippen LogP contribution in [-0.4, -0.2) is 38.4 Å². The predicted molar refractivity (Wildman–Crippen MR) is 101 cm³/mol. The molecule has 0 amide bonds. The third-order valence-electron chi connectivity index (χ3n) is 4.84. The van der Waals surface area contributed by atoms with Gasteiger partial charge in [-0.1, -0.05) is 24.3 Å². The van der Waals surface area contributed by atoms with Crippen LogP contribution in [0.5, 0.6) is 0 Å². The van der Waals surface area contributed by atoms with Crippen molar-refractivity contribution in [2.45, 2.75) is 25.0 Å². The molecule has 4 nitrogen and oxygen atoms in total. The van der Waals surface area contributed by atoms with Gasteiger partial charge in [0.25, 0.3) is 0 Å². The predicted octanol–water partition coefficient (Wildman–Crippen LogP) is 2.93. The summed E-state index contributed by atoms with van der Waals surface area (Å²) in [5, 5.41) is 22.2. The van der Waals surface area contributed by atoms with Crippen LogP contribution in [0.3, 0.4) is 0 Å². The number of anilines is 2.